The third kappa shape index (κ3) is 6.20. The van der Waals surface area contributed by atoms with Crippen molar-refractivity contribution < 1.29 is 9.59 Å². The number of anilines is 2. The number of carbonyl (C=O) groups is 2. The predicted molar refractivity (Wildman–Crippen MR) is 108 cm³/mol. The van der Waals surface area contributed by atoms with Crippen LogP contribution in [0.5, 0.6) is 0 Å². The van der Waals surface area contributed by atoms with Crippen LogP contribution in [0.15, 0.2) is 54.6 Å². The molecule has 2 N–H and O–H groups in total. The molecule has 0 bridgehead atoms. The van der Waals surface area contributed by atoms with Gasteiger partial charge in [0.1, 0.15) is 0 Å². The maximum Gasteiger partial charge on any atom is 0.238 e. The van der Waals surface area contributed by atoms with Crippen molar-refractivity contribution in [3.63, 3.8) is 0 Å². The first kappa shape index (κ1) is 19.1. The van der Waals surface area contributed by atoms with Crippen molar-refractivity contribution >= 4 is 23.2 Å². The lowest BCUT2D eigenvalue weighted by Crippen LogP contribution is -2.48. The maximum absolute atomic E-state index is 12.3. The molecule has 0 unspecified atom stereocenters. The van der Waals surface area contributed by atoms with Crippen molar-refractivity contribution in [3.05, 3.63) is 60.2 Å². The van der Waals surface area contributed by atoms with Crippen molar-refractivity contribution in [2.24, 2.45) is 0 Å². The molecule has 3 rings (SSSR count). The number of hydrogen-bond acceptors (Lipinski definition) is 4. The van der Waals surface area contributed by atoms with Crippen LogP contribution < -0.4 is 10.6 Å². The Labute approximate surface area is 160 Å². The number of carbonyl (C=O) groups excluding carboxylic acids is 2. The van der Waals surface area contributed by atoms with E-state index in [4.69, 9.17) is 0 Å². The highest BCUT2D eigenvalue weighted by Gasteiger charge is 2.19. The Morgan fingerprint density at radius 2 is 1.48 bits per heavy atom. The highest BCUT2D eigenvalue weighted by atomic mass is 16.2. The minimum atomic E-state index is -0.133. The van der Waals surface area contributed by atoms with Gasteiger partial charge in [-0.3, -0.25) is 19.4 Å². The fourth-order valence-electron chi connectivity index (χ4n) is 3.23. The second-order valence-corrected chi connectivity index (χ2v) is 6.85. The van der Waals surface area contributed by atoms with E-state index in [0.29, 0.717) is 17.9 Å². The van der Waals surface area contributed by atoms with Crippen LogP contribution in [0.1, 0.15) is 12.5 Å². The van der Waals surface area contributed by atoms with Crippen molar-refractivity contribution in [3.8, 4) is 0 Å². The van der Waals surface area contributed by atoms with Gasteiger partial charge >= 0.3 is 0 Å². The standard InChI is InChI=1S/C21H26N4O2/c1-17(26)22-19-8-5-9-20(14-19)23-21(27)16-25-12-10-24(11-13-25)15-18-6-3-2-4-7-18/h2-9,14H,10-13,15-16H2,1H3,(H,22,26)(H,23,27). The van der Waals surface area contributed by atoms with Gasteiger partial charge in [-0.15, -0.1) is 0 Å². The molecule has 0 atom stereocenters. The zero-order chi connectivity index (χ0) is 19.1. The molecule has 0 radical (unpaired) electrons. The first-order chi connectivity index (χ1) is 13.1. The van der Waals surface area contributed by atoms with Crippen LogP contribution in [-0.2, 0) is 16.1 Å². The van der Waals surface area contributed by atoms with Gasteiger partial charge in [0.05, 0.1) is 6.54 Å². The van der Waals surface area contributed by atoms with E-state index < -0.39 is 0 Å². The maximum atomic E-state index is 12.3. The first-order valence-corrected chi connectivity index (χ1v) is 9.24. The average Bonchev–Trinajstić information content (AvgIpc) is 2.64. The molecule has 6 heteroatoms. The van der Waals surface area contributed by atoms with E-state index in [1.807, 2.05) is 18.2 Å². The molecule has 27 heavy (non-hydrogen) atoms. The van der Waals surface area contributed by atoms with E-state index in [1.54, 1.807) is 12.1 Å². The van der Waals surface area contributed by atoms with Crippen LogP contribution in [0.25, 0.3) is 0 Å². The highest BCUT2D eigenvalue weighted by Crippen LogP contribution is 2.15. The van der Waals surface area contributed by atoms with Gasteiger partial charge in [-0.25, -0.2) is 0 Å². The van der Waals surface area contributed by atoms with Gasteiger partial charge in [0, 0.05) is 51.0 Å². The number of nitrogens with one attached hydrogen (secondary N) is 2. The molecular weight excluding hydrogens is 340 g/mol. The normalized spacial score (nSPS) is 15.3. The summed E-state index contributed by atoms with van der Waals surface area (Å²) in [6, 6.07) is 17.6. The summed E-state index contributed by atoms with van der Waals surface area (Å²) < 4.78 is 0. The van der Waals surface area contributed by atoms with Crippen molar-refractivity contribution in [2.75, 3.05) is 43.4 Å². The minimum absolute atomic E-state index is 0.0357. The molecule has 2 amide bonds. The van der Waals surface area contributed by atoms with Crippen molar-refractivity contribution in [2.45, 2.75) is 13.5 Å². The van der Waals surface area contributed by atoms with Crippen molar-refractivity contribution in [1.82, 2.24) is 9.80 Å². The number of benzene rings is 2. The van der Waals surface area contributed by atoms with Gasteiger partial charge in [0.2, 0.25) is 11.8 Å². The SMILES string of the molecule is CC(=O)Nc1cccc(NC(=O)CN2CCN(Cc3ccccc3)CC2)c1. The van der Waals surface area contributed by atoms with Gasteiger partial charge in [-0.1, -0.05) is 36.4 Å². The molecule has 1 aliphatic heterocycles. The van der Waals surface area contributed by atoms with Gasteiger partial charge < -0.3 is 10.6 Å². The Kier molecular flexibility index (Phi) is 6.57. The second kappa shape index (κ2) is 9.30. The molecule has 6 nitrogen and oxygen atoms in total. The molecule has 142 valence electrons. The first-order valence-electron chi connectivity index (χ1n) is 9.24. The summed E-state index contributed by atoms with van der Waals surface area (Å²) in [4.78, 5) is 28.1. The number of nitrogens with zero attached hydrogens (tertiary/aromatic N) is 2. The number of piperazine rings is 1. The summed E-state index contributed by atoms with van der Waals surface area (Å²) in [6.45, 7) is 6.47. The summed E-state index contributed by atoms with van der Waals surface area (Å²) in [5.41, 5.74) is 2.69. The van der Waals surface area contributed by atoms with E-state index in [-0.39, 0.29) is 11.8 Å². The van der Waals surface area contributed by atoms with Gasteiger partial charge in [0.25, 0.3) is 0 Å². The fourth-order valence-corrected chi connectivity index (χ4v) is 3.23. The molecule has 1 fully saturated rings. The summed E-state index contributed by atoms with van der Waals surface area (Å²) >= 11 is 0. The molecule has 0 aromatic heterocycles. The van der Waals surface area contributed by atoms with E-state index in [0.717, 1.165) is 32.7 Å². The monoisotopic (exact) mass is 366 g/mol. The molecule has 1 saturated heterocycles. The lowest BCUT2D eigenvalue weighted by molar-refractivity contribution is -0.117. The largest absolute Gasteiger partial charge is 0.326 e. The Morgan fingerprint density at radius 3 is 2.15 bits per heavy atom. The van der Waals surface area contributed by atoms with Gasteiger partial charge in [0.15, 0.2) is 0 Å². The molecule has 2 aromatic carbocycles. The Hall–Kier alpha value is -2.70. The van der Waals surface area contributed by atoms with Crippen LogP contribution in [0.4, 0.5) is 11.4 Å². The topological polar surface area (TPSA) is 64.7 Å². The summed E-state index contributed by atoms with van der Waals surface area (Å²) in [5.74, 6) is -0.168. The molecule has 0 spiro atoms. The van der Waals surface area contributed by atoms with Crippen LogP contribution in [0.2, 0.25) is 0 Å². The van der Waals surface area contributed by atoms with Crippen LogP contribution >= 0.6 is 0 Å². The fraction of sp³-hybridized carbons (Fsp3) is 0.333. The van der Waals surface area contributed by atoms with Crippen LogP contribution in [0, 0.1) is 0 Å². The number of hydrogen-bond donors (Lipinski definition) is 2. The van der Waals surface area contributed by atoms with Gasteiger partial charge in [-0.2, -0.15) is 0 Å². The Balaban J connectivity index is 1.43. The summed E-state index contributed by atoms with van der Waals surface area (Å²) in [7, 11) is 0. The number of rotatable bonds is 6. The van der Waals surface area contributed by atoms with Crippen LogP contribution in [0.3, 0.4) is 0 Å². The average molecular weight is 366 g/mol. The van der Waals surface area contributed by atoms with E-state index in [2.05, 4.69) is 44.7 Å². The number of amides is 2. The summed E-state index contributed by atoms with van der Waals surface area (Å²) in [6.07, 6.45) is 0. The Morgan fingerprint density at radius 1 is 0.852 bits per heavy atom. The van der Waals surface area contributed by atoms with Crippen LogP contribution in [-0.4, -0.2) is 54.3 Å². The minimum Gasteiger partial charge on any atom is -0.326 e. The summed E-state index contributed by atoms with van der Waals surface area (Å²) in [5, 5.41) is 5.63. The second-order valence-electron chi connectivity index (χ2n) is 6.85. The zero-order valence-corrected chi connectivity index (χ0v) is 15.6. The van der Waals surface area contributed by atoms with E-state index >= 15 is 0 Å². The third-order valence-corrected chi connectivity index (χ3v) is 4.55. The molecule has 1 aliphatic rings. The molecule has 0 aliphatic carbocycles. The lowest BCUT2D eigenvalue weighted by atomic mass is 10.2. The Bertz CT molecular complexity index is 771. The zero-order valence-electron chi connectivity index (χ0n) is 15.6. The molecule has 0 saturated carbocycles. The predicted octanol–water partition coefficient (Wildman–Crippen LogP) is 2.40. The third-order valence-electron chi connectivity index (χ3n) is 4.55. The molecule has 2 aromatic rings. The van der Waals surface area contributed by atoms with E-state index in [1.165, 1.54) is 12.5 Å². The highest BCUT2D eigenvalue weighted by molar-refractivity contribution is 5.94. The lowest BCUT2D eigenvalue weighted by Gasteiger charge is -2.34. The quantitative estimate of drug-likeness (QED) is 0.824. The van der Waals surface area contributed by atoms with E-state index in [9.17, 15) is 9.59 Å². The molecule has 1 heterocycles. The van der Waals surface area contributed by atoms with Crippen molar-refractivity contribution in [1.29, 1.82) is 0 Å². The molecular formula is C21H26N4O2. The van der Waals surface area contributed by atoms with Gasteiger partial charge in [-0.05, 0) is 23.8 Å². The smallest absolute Gasteiger partial charge is 0.238 e.